The third-order valence-corrected chi connectivity index (χ3v) is 9.49. The number of ether oxygens (including phenoxy) is 1. The number of unbranched alkanes of at least 4 members (excludes halogenated alkanes) is 29. The quantitative estimate of drug-likeness (QED) is 0.0322. The van der Waals surface area contributed by atoms with Crippen LogP contribution >= 0.6 is 0 Å². The van der Waals surface area contributed by atoms with Crippen molar-refractivity contribution >= 4 is 12.1 Å². The topological polar surface area (TPSA) is 63.6 Å². The molecule has 0 aliphatic carbocycles. The molecule has 0 aromatic carbocycles. The Bertz CT molecular complexity index is 643. The molecule has 1 unspecified atom stereocenters. The van der Waals surface area contributed by atoms with Gasteiger partial charge in [0.2, 0.25) is 0 Å². The lowest BCUT2D eigenvalue weighted by Gasteiger charge is -2.14. The van der Waals surface area contributed by atoms with Crippen molar-refractivity contribution in [2.45, 2.75) is 232 Å². The zero-order valence-corrected chi connectivity index (χ0v) is 30.4. The second kappa shape index (κ2) is 37.1. The first-order valence-electron chi connectivity index (χ1n) is 20.2. The first-order valence-corrected chi connectivity index (χ1v) is 20.2. The van der Waals surface area contributed by atoms with Crippen molar-refractivity contribution in [2.24, 2.45) is 5.92 Å². The maximum atomic E-state index is 12.3. The lowest BCUT2D eigenvalue weighted by molar-refractivity contribution is -0.144. The molecule has 1 atom stereocenters. The molecule has 4 nitrogen and oxygen atoms in total. The van der Waals surface area contributed by atoms with Gasteiger partial charge in [-0.05, 0) is 38.5 Å². The fourth-order valence-corrected chi connectivity index (χ4v) is 6.48. The van der Waals surface area contributed by atoms with Crippen molar-refractivity contribution in [3.8, 4) is 0 Å². The molecule has 0 amide bonds. The fourth-order valence-electron chi connectivity index (χ4n) is 6.48. The fraction of sp³-hybridized carbons (Fsp3) is 0.902. The van der Waals surface area contributed by atoms with Crippen LogP contribution in [0.5, 0.6) is 0 Å². The summed E-state index contributed by atoms with van der Waals surface area (Å²) in [5.74, 6) is -0.813. The zero-order valence-electron chi connectivity index (χ0n) is 30.4. The van der Waals surface area contributed by atoms with Gasteiger partial charge in [0.15, 0.2) is 0 Å². The molecule has 0 heterocycles. The number of allylic oxidation sites excluding steroid dienone is 2. The molecule has 45 heavy (non-hydrogen) atoms. The molecule has 266 valence electrons. The lowest BCUT2D eigenvalue weighted by Crippen LogP contribution is -2.20. The van der Waals surface area contributed by atoms with Gasteiger partial charge in [0, 0.05) is 0 Å². The Hall–Kier alpha value is -1.32. The van der Waals surface area contributed by atoms with Gasteiger partial charge < -0.3 is 9.84 Å². The van der Waals surface area contributed by atoms with Crippen LogP contribution in [0.1, 0.15) is 232 Å². The van der Waals surface area contributed by atoms with Gasteiger partial charge in [-0.25, -0.2) is 4.79 Å². The van der Waals surface area contributed by atoms with E-state index in [9.17, 15) is 9.59 Å². The summed E-state index contributed by atoms with van der Waals surface area (Å²) in [6.45, 7) is 4.55. The molecule has 0 aromatic heterocycles. The second-order valence-electron chi connectivity index (χ2n) is 13.9. The summed E-state index contributed by atoms with van der Waals surface area (Å²) in [5.41, 5.74) is 0. The largest absolute Gasteiger partial charge is 0.513 e. The Balaban J connectivity index is 3.68. The van der Waals surface area contributed by atoms with Crippen LogP contribution < -0.4 is 0 Å². The van der Waals surface area contributed by atoms with Crippen molar-refractivity contribution in [3.63, 3.8) is 0 Å². The van der Waals surface area contributed by atoms with Crippen molar-refractivity contribution < 1.29 is 19.4 Å². The number of carbonyl (C=O) groups excluding carboxylic acids is 1. The average molecular weight is 635 g/mol. The number of carboxylic acid groups (broad SMARTS) is 1. The first-order chi connectivity index (χ1) is 22.1. The minimum absolute atomic E-state index is 0.270. The second-order valence-corrected chi connectivity index (χ2v) is 13.9. The smallest absolute Gasteiger partial charge is 0.449 e. The predicted octanol–water partition coefficient (Wildman–Crippen LogP) is 14.7. The third-order valence-electron chi connectivity index (χ3n) is 9.49. The van der Waals surface area contributed by atoms with Crippen LogP contribution in [0.2, 0.25) is 0 Å². The van der Waals surface area contributed by atoms with E-state index in [1.54, 1.807) is 0 Å². The van der Waals surface area contributed by atoms with Crippen LogP contribution in [0.25, 0.3) is 0 Å². The van der Waals surface area contributed by atoms with Gasteiger partial charge in [-0.1, -0.05) is 206 Å². The predicted molar refractivity (Wildman–Crippen MR) is 195 cm³/mol. The molecule has 1 N–H and O–H groups in total. The van der Waals surface area contributed by atoms with Gasteiger partial charge >= 0.3 is 12.1 Å². The van der Waals surface area contributed by atoms with E-state index in [1.807, 2.05) is 0 Å². The highest BCUT2D eigenvalue weighted by Crippen LogP contribution is 2.21. The molecule has 0 fully saturated rings. The number of hydrogen-bond acceptors (Lipinski definition) is 3. The van der Waals surface area contributed by atoms with E-state index < -0.39 is 12.1 Å². The summed E-state index contributed by atoms with van der Waals surface area (Å²) in [7, 11) is 0. The van der Waals surface area contributed by atoms with Gasteiger partial charge in [0.05, 0.1) is 5.92 Å². The molecular formula is C41H78O4. The summed E-state index contributed by atoms with van der Waals surface area (Å²) in [5, 5.41) is 8.92. The summed E-state index contributed by atoms with van der Waals surface area (Å²) >= 11 is 0. The van der Waals surface area contributed by atoms with Crippen LogP contribution in [-0.4, -0.2) is 17.2 Å². The van der Waals surface area contributed by atoms with Gasteiger partial charge in [-0.15, -0.1) is 0 Å². The Morgan fingerprint density at radius 1 is 0.444 bits per heavy atom. The van der Waals surface area contributed by atoms with Crippen LogP contribution in [0.15, 0.2) is 12.2 Å². The normalized spacial score (nSPS) is 12.2. The molecule has 0 radical (unpaired) electrons. The Morgan fingerprint density at radius 3 is 1.00 bits per heavy atom. The van der Waals surface area contributed by atoms with Crippen LogP contribution in [0, 0.1) is 5.92 Å². The molecule has 0 rings (SSSR count). The van der Waals surface area contributed by atoms with Crippen LogP contribution in [0.3, 0.4) is 0 Å². The van der Waals surface area contributed by atoms with E-state index >= 15 is 0 Å². The Morgan fingerprint density at radius 2 is 0.711 bits per heavy atom. The highest BCUT2D eigenvalue weighted by Gasteiger charge is 2.21. The molecule has 0 aromatic rings. The molecule has 0 bridgehead atoms. The van der Waals surface area contributed by atoms with Crippen molar-refractivity contribution in [2.75, 3.05) is 0 Å². The Kier molecular flexibility index (Phi) is 36.1. The minimum Gasteiger partial charge on any atom is -0.449 e. The van der Waals surface area contributed by atoms with Crippen molar-refractivity contribution in [1.29, 1.82) is 0 Å². The van der Waals surface area contributed by atoms with E-state index in [0.717, 1.165) is 44.9 Å². The number of esters is 1. The number of rotatable bonds is 36. The number of carbonyl (C=O) groups is 2. The number of hydrogen-bond donors (Lipinski definition) is 1. The molecular weight excluding hydrogens is 556 g/mol. The maximum absolute atomic E-state index is 12.3. The monoisotopic (exact) mass is 635 g/mol. The van der Waals surface area contributed by atoms with E-state index in [1.165, 1.54) is 173 Å². The lowest BCUT2D eigenvalue weighted by atomic mass is 9.94. The van der Waals surface area contributed by atoms with Gasteiger partial charge in [0.25, 0.3) is 0 Å². The summed E-state index contributed by atoms with van der Waals surface area (Å²) in [4.78, 5) is 23.3. The first kappa shape index (κ1) is 43.7. The highest BCUT2D eigenvalue weighted by molar-refractivity contribution is 5.82. The van der Waals surface area contributed by atoms with E-state index in [0.29, 0.717) is 0 Å². The van der Waals surface area contributed by atoms with Gasteiger partial charge in [-0.2, -0.15) is 0 Å². The Labute approximate surface area is 281 Å². The maximum Gasteiger partial charge on any atom is 0.513 e. The van der Waals surface area contributed by atoms with Crippen molar-refractivity contribution in [3.05, 3.63) is 12.2 Å². The van der Waals surface area contributed by atoms with Gasteiger partial charge in [0.1, 0.15) is 0 Å². The molecule has 0 saturated heterocycles. The molecule has 0 aliphatic heterocycles. The molecule has 0 spiro atoms. The van der Waals surface area contributed by atoms with Crippen LogP contribution in [-0.2, 0) is 9.53 Å². The average Bonchev–Trinajstić information content (AvgIpc) is 3.02. The van der Waals surface area contributed by atoms with E-state index in [4.69, 9.17) is 5.11 Å². The third kappa shape index (κ3) is 35.4. The summed E-state index contributed by atoms with van der Waals surface area (Å²) in [6, 6.07) is 0. The minimum atomic E-state index is -1.47. The standard InChI is InChI=1S/C41H78O4/c1-3-5-7-9-11-13-15-17-19-20-21-22-23-24-26-28-30-32-34-36-38-39(40(42)45-41(43)44)37-35-33-31-29-27-25-18-16-14-12-10-8-6-4-2/h18,25,39H,3-17,19-24,26-38H2,1-2H3,(H,43,44). The molecule has 4 heteroatoms. The summed E-state index contributed by atoms with van der Waals surface area (Å²) in [6.07, 6.45) is 46.7. The molecule has 0 aliphatic rings. The highest BCUT2D eigenvalue weighted by atomic mass is 16.7. The summed E-state index contributed by atoms with van der Waals surface area (Å²) < 4.78 is 4.54. The zero-order chi connectivity index (χ0) is 32.9. The SMILES string of the molecule is CCCCCCCCC=CCCCCCCC(CCCCCCCCCCCCCCCCCCCCCC)C(=O)OC(=O)O. The van der Waals surface area contributed by atoms with E-state index in [2.05, 4.69) is 30.7 Å². The van der Waals surface area contributed by atoms with Gasteiger partial charge in [-0.3, -0.25) is 4.79 Å². The van der Waals surface area contributed by atoms with Crippen LogP contribution in [0.4, 0.5) is 4.79 Å². The van der Waals surface area contributed by atoms with E-state index in [-0.39, 0.29) is 5.92 Å². The molecule has 0 saturated carbocycles. The van der Waals surface area contributed by atoms with Crippen molar-refractivity contribution in [1.82, 2.24) is 0 Å².